The van der Waals surface area contributed by atoms with E-state index < -0.39 is 0 Å². The smallest absolute Gasteiger partial charge is 0.264 e. The fourth-order valence-electron chi connectivity index (χ4n) is 3.40. The van der Waals surface area contributed by atoms with Crippen molar-refractivity contribution in [3.8, 4) is 11.1 Å². The molecular formula is C19H24ClFN2OS. The van der Waals surface area contributed by atoms with Crippen LogP contribution in [0.2, 0.25) is 0 Å². The van der Waals surface area contributed by atoms with Crippen LogP contribution in [-0.4, -0.2) is 29.4 Å². The number of carbonyl (C=O) groups is 1. The lowest BCUT2D eigenvalue weighted by atomic mass is 9.96. The van der Waals surface area contributed by atoms with Gasteiger partial charge in [-0.3, -0.25) is 4.79 Å². The van der Waals surface area contributed by atoms with Crippen molar-refractivity contribution < 1.29 is 9.18 Å². The number of nitrogens with two attached hydrogens (primary N) is 1. The van der Waals surface area contributed by atoms with Crippen molar-refractivity contribution >= 4 is 29.7 Å². The van der Waals surface area contributed by atoms with E-state index in [0.29, 0.717) is 0 Å². The fourth-order valence-corrected chi connectivity index (χ4v) is 4.40. The number of likely N-dealkylation sites (tertiary alicyclic amines) is 1. The number of halogens is 2. The molecule has 136 valence electrons. The first-order valence-corrected chi connectivity index (χ1v) is 9.22. The molecule has 3 nitrogen and oxygen atoms in total. The summed E-state index contributed by atoms with van der Waals surface area (Å²) in [6.07, 6.45) is 3.13. The van der Waals surface area contributed by atoms with Crippen LogP contribution >= 0.6 is 23.7 Å². The average Bonchev–Trinajstić information content (AvgIpc) is 2.96. The summed E-state index contributed by atoms with van der Waals surface area (Å²) in [5, 5.41) is 0. The second-order valence-corrected chi connectivity index (χ2v) is 7.76. The van der Waals surface area contributed by atoms with E-state index in [9.17, 15) is 9.18 Å². The third kappa shape index (κ3) is 4.22. The largest absolute Gasteiger partial charge is 0.333 e. The lowest BCUT2D eigenvalue weighted by molar-refractivity contribution is 0.0589. The summed E-state index contributed by atoms with van der Waals surface area (Å²) in [4.78, 5) is 16.7. The molecule has 0 spiro atoms. The molecule has 3 rings (SSSR count). The second-order valence-electron chi connectivity index (χ2n) is 6.51. The summed E-state index contributed by atoms with van der Waals surface area (Å²) in [5.41, 5.74) is 8.02. The molecule has 2 heterocycles. The van der Waals surface area contributed by atoms with Crippen LogP contribution in [0.25, 0.3) is 11.1 Å². The SMILES string of the molecule is Cc1sc(C(=O)N2CCCCC2C(C)N)cc1-c1ccc(F)cc1.Cl. The van der Waals surface area contributed by atoms with Crippen LogP contribution in [0, 0.1) is 12.7 Å². The van der Waals surface area contributed by atoms with E-state index in [0.717, 1.165) is 46.7 Å². The van der Waals surface area contributed by atoms with Gasteiger partial charge >= 0.3 is 0 Å². The molecule has 1 aliphatic heterocycles. The van der Waals surface area contributed by atoms with E-state index in [1.54, 1.807) is 12.1 Å². The zero-order chi connectivity index (χ0) is 17.3. The highest BCUT2D eigenvalue weighted by molar-refractivity contribution is 7.14. The first kappa shape index (κ1) is 19.9. The minimum Gasteiger partial charge on any atom is -0.333 e. The number of hydrogen-bond acceptors (Lipinski definition) is 3. The van der Waals surface area contributed by atoms with Crippen molar-refractivity contribution in [2.24, 2.45) is 5.73 Å². The molecule has 2 atom stereocenters. The van der Waals surface area contributed by atoms with Gasteiger partial charge in [0.15, 0.2) is 0 Å². The van der Waals surface area contributed by atoms with Crippen molar-refractivity contribution in [3.63, 3.8) is 0 Å². The van der Waals surface area contributed by atoms with Crippen molar-refractivity contribution in [1.29, 1.82) is 0 Å². The van der Waals surface area contributed by atoms with Gasteiger partial charge < -0.3 is 10.6 Å². The Balaban J connectivity index is 0.00000225. The number of nitrogens with zero attached hydrogens (tertiary/aromatic N) is 1. The van der Waals surface area contributed by atoms with Gasteiger partial charge in [-0.1, -0.05) is 12.1 Å². The molecule has 25 heavy (non-hydrogen) atoms. The molecule has 1 aromatic heterocycles. The van der Waals surface area contributed by atoms with Crippen LogP contribution in [0.5, 0.6) is 0 Å². The summed E-state index contributed by atoms with van der Waals surface area (Å²) in [5.74, 6) is -0.186. The number of amides is 1. The van der Waals surface area contributed by atoms with Crippen molar-refractivity contribution in [2.45, 2.75) is 45.2 Å². The third-order valence-corrected chi connectivity index (χ3v) is 5.74. The second kappa shape index (κ2) is 8.30. The normalized spacial score (nSPS) is 18.6. The van der Waals surface area contributed by atoms with E-state index in [1.165, 1.54) is 23.5 Å². The summed E-state index contributed by atoms with van der Waals surface area (Å²) in [7, 11) is 0. The van der Waals surface area contributed by atoms with Gasteiger partial charge in [-0.25, -0.2) is 4.39 Å². The van der Waals surface area contributed by atoms with Crippen LogP contribution < -0.4 is 5.73 Å². The first-order chi connectivity index (χ1) is 11.5. The molecule has 1 saturated heterocycles. The Kier molecular flexibility index (Phi) is 6.60. The number of aryl methyl sites for hydroxylation is 1. The fraction of sp³-hybridized carbons (Fsp3) is 0.421. The van der Waals surface area contributed by atoms with Gasteiger partial charge in [0.2, 0.25) is 0 Å². The van der Waals surface area contributed by atoms with Crippen LogP contribution in [0.3, 0.4) is 0 Å². The summed E-state index contributed by atoms with van der Waals surface area (Å²) in [6, 6.07) is 8.43. The highest BCUT2D eigenvalue weighted by atomic mass is 35.5. The van der Waals surface area contributed by atoms with Gasteiger partial charge in [0, 0.05) is 23.5 Å². The molecule has 6 heteroatoms. The van der Waals surface area contributed by atoms with Crippen molar-refractivity contribution in [2.75, 3.05) is 6.54 Å². The molecule has 1 aliphatic rings. The minimum atomic E-state index is -0.254. The van der Waals surface area contributed by atoms with E-state index in [2.05, 4.69) is 0 Å². The number of hydrogen-bond donors (Lipinski definition) is 1. The lowest BCUT2D eigenvalue weighted by Gasteiger charge is -2.37. The summed E-state index contributed by atoms with van der Waals surface area (Å²) in [6.45, 7) is 4.74. The van der Waals surface area contributed by atoms with Crippen molar-refractivity contribution in [3.05, 3.63) is 45.9 Å². The van der Waals surface area contributed by atoms with Crippen LogP contribution in [0.15, 0.2) is 30.3 Å². The first-order valence-electron chi connectivity index (χ1n) is 8.40. The van der Waals surface area contributed by atoms with E-state index in [4.69, 9.17) is 5.73 Å². The predicted molar refractivity (Wildman–Crippen MR) is 104 cm³/mol. The maximum atomic E-state index is 13.1. The molecule has 2 unspecified atom stereocenters. The third-order valence-electron chi connectivity index (χ3n) is 4.70. The standard InChI is InChI=1S/C19H23FN2OS.ClH/c1-12(21)17-5-3-4-10-22(17)19(23)18-11-16(13(2)24-18)14-6-8-15(20)9-7-14;/h6-9,11-12,17H,3-5,10,21H2,1-2H3;1H. The topological polar surface area (TPSA) is 46.3 Å². The maximum absolute atomic E-state index is 13.1. The highest BCUT2D eigenvalue weighted by Crippen LogP contribution is 2.33. The molecule has 0 radical (unpaired) electrons. The Labute approximate surface area is 158 Å². The lowest BCUT2D eigenvalue weighted by Crippen LogP contribution is -2.51. The molecular weight excluding hydrogens is 359 g/mol. The van der Waals surface area contributed by atoms with Gasteiger partial charge in [0.1, 0.15) is 5.82 Å². The van der Waals surface area contributed by atoms with Gasteiger partial charge in [-0.05, 0) is 62.4 Å². The zero-order valence-corrected chi connectivity index (χ0v) is 16.1. The Morgan fingerprint density at radius 3 is 2.64 bits per heavy atom. The monoisotopic (exact) mass is 382 g/mol. The average molecular weight is 383 g/mol. The Morgan fingerprint density at radius 1 is 1.32 bits per heavy atom. The molecule has 1 fully saturated rings. The molecule has 0 saturated carbocycles. The number of piperidine rings is 1. The van der Waals surface area contributed by atoms with E-state index in [-0.39, 0.29) is 36.2 Å². The summed E-state index contributed by atoms with van der Waals surface area (Å²) >= 11 is 1.50. The summed E-state index contributed by atoms with van der Waals surface area (Å²) < 4.78 is 13.1. The van der Waals surface area contributed by atoms with Gasteiger partial charge in [0.25, 0.3) is 5.91 Å². The molecule has 2 aromatic rings. The number of benzene rings is 1. The van der Waals surface area contributed by atoms with Gasteiger partial charge in [0.05, 0.1) is 4.88 Å². The van der Waals surface area contributed by atoms with Crippen LogP contribution in [0.4, 0.5) is 4.39 Å². The van der Waals surface area contributed by atoms with Crippen molar-refractivity contribution in [1.82, 2.24) is 4.90 Å². The molecule has 1 aromatic carbocycles. The Morgan fingerprint density at radius 2 is 2.00 bits per heavy atom. The van der Waals surface area contributed by atoms with Crippen LogP contribution in [-0.2, 0) is 0 Å². The van der Waals surface area contributed by atoms with E-state index in [1.807, 2.05) is 24.8 Å². The molecule has 0 aliphatic carbocycles. The van der Waals surface area contributed by atoms with Gasteiger partial charge in [-0.15, -0.1) is 23.7 Å². The van der Waals surface area contributed by atoms with E-state index >= 15 is 0 Å². The molecule has 2 N–H and O–H groups in total. The van der Waals surface area contributed by atoms with Gasteiger partial charge in [-0.2, -0.15) is 0 Å². The minimum absolute atomic E-state index is 0. The number of rotatable bonds is 3. The van der Waals surface area contributed by atoms with Crippen LogP contribution in [0.1, 0.15) is 40.7 Å². The zero-order valence-electron chi connectivity index (χ0n) is 14.5. The predicted octanol–water partition coefficient (Wildman–Crippen LogP) is 4.63. The number of thiophene rings is 1. The highest BCUT2D eigenvalue weighted by Gasteiger charge is 2.30. The maximum Gasteiger partial charge on any atom is 0.264 e. The quantitative estimate of drug-likeness (QED) is 0.841. The Hall–Kier alpha value is -1.43. The molecule has 1 amide bonds. The number of carbonyl (C=O) groups excluding carboxylic acids is 1. The molecule has 0 bridgehead atoms. The Bertz CT molecular complexity index is 730.